The molecule has 0 aromatic rings. The molecule has 0 aromatic carbocycles. The second-order valence-electron chi connectivity index (χ2n) is 3.99. The minimum atomic E-state index is 0.0524. The lowest BCUT2D eigenvalue weighted by atomic mass is 10.0. The molecular weight excluding hydrogens is 194 g/mol. The largest absolute Gasteiger partial charge is 0.396 e. The SMILES string of the molecule is O=C(NCCCCCO)C1CCCOC1. The van der Waals surface area contributed by atoms with Gasteiger partial charge in [0.1, 0.15) is 0 Å². The van der Waals surface area contributed by atoms with E-state index in [9.17, 15) is 4.79 Å². The third-order valence-corrected chi connectivity index (χ3v) is 2.67. The Morgan fingerprint density at radius 1 is 1.40 bits per heavy atom. The Bertz CT molecular complexity index is 179. The van der Waals surface area contributed by atoms with Gasteiger partial charge in [-0.05, 0) is 32.1 Å². The van der Waals surface area contributed by atoms with Crippen LogP contribution in [0.5, 0.6) is 0 Å². The Balaban J connectivity index is 2.02. The van der Waals surface area contributed by atoms with E-state index in [1.54, 1.807) is 0 Å². The molecule has 88 valence electrons. The number of hydrogen-bond acceptors (Lipinski definition) is 3. The number of carbonyl (C=O) groups excluding carboxylic acids is 1. The summed E-state index contributed by atoms with van der Waals surface area (Å²) in [6.07, 6.45) is 4.67. The van der Waals surface area contributed by atoms with Crippen LogP contribution < -0.4 is 5.32 Å². The van der Waals surface area contributed by atoms with Gasteiger partial charge < -0.3 is 15.2 Å². The van der Waals surface area contributed by atoms with Crippen LogP contribution in [0.4, 0.5) is 0 Å². The second kappa shape index (κ2) is 7.65. The number of carbonyl (C=O) groups is 1. The maximum atomic E-state index is 11.6. The zero-order valence-corrected chi connectivity index (χ0v) is 9.21. The first-order valence-corrected chi connectivity index (χ1v) is 5.81. The number of amides is 1. The molecule has 0 radical (unpaired) electrons. The van der Waals surface area contributed by atoms with Gasteiger partial charge in [-0.25, -0.2) is 0 Å². The molecule has 1 unspecified atom stereocenters. The first-order valence-electron chi connectivity index (χ1n) is 5.81. The average molecular weight is 215 g/mol. The highest BCUT2D eigenvalue weighted by Gasteiger charge is 2.20. The van der Waals surface area contributed by atoms with Gasteiger partial charge in [0, 0.05) is 19.8 Å². The van der Waals surface area contributed by atoms with Crippen LogP contribution in [-0.4, -0.2) is 37.4 Å². The molecule has 1 aliphatic rings. The van der Waals surface area contributed by atoms with E-state index >= 15 is 0 Å². The molecule has 0 spiro atoms. The standard InChI is InChI=1S/C11H21NO3/c13-7-3-1-2-6-12-11(14)10-5-4-8-15-9-10/h10,13H,1-9H2,(H,12,14). The van der Waals surface area contributed by atoms with E-state index in [0.717, 1.165) is 45.3 Å². The van der Waals surface area contributed by atoms with E-state index in [2.05, 4.69) is 5.32 Å². The Kier molecular flexibility index (Phi) is 6.36. The van der Waals surface area contributed by atoms with Crippen molar-refractivity contribution in [2.45, 2.75) is 32.1 Å². The summed E-state index contributed by atoms with van der Waals surface area (Å²) in [4.78, 5) is 11.6. The summed E-state index contributed by atoms with van der Waals surface area (Å²) >= 11 is 0. The number of aliphatic hydroxyl groups is 1. The van der Waals surface area contributed by atoms with Crippen molar-refractivity contribution in [3.8, 4) is 0 Å². The van der Waals surface area contributed by atoms with Crippen molar-refractivity contribution in [1.82, 2.24) is 5.32 Å². The normalized spacial score (nSPS) is 21.3. The molecule has 1 amide bonds. The molecule has 1 atom stereocenters. The van der Waals surface area contributed by atoms with Gasteiger partial charge in [-0.3, -0.25) is 4.79 Å². The third-order valence-electron chi connectivity index (χ3n) is 2.67. The van der Waals surface area contributed by atoms with Gasteiger partial charge in [-0.1, -0.05) is 0 Å². The van der Waals surface area contributed by atoms with Crippen molar-refractivity contribution in [1.29, 1.82) is 0 Å². The van der Waals surface area contributed by atoms with Crippen LogP contribution >= 0.6 is 0 Å². The Hall–Kier alpha value is -0.610. The van der Waals surface area contributed by atoms with Crippen molar-refractivity contribution in [2.75, 3.05) is 26.4 Å². The lowest BCUT2D eigenvalue weighted by molar-refractivity contribution is -0.128. The molecule has 2 N–H and O–H groups in total. The van der Waals surface area contributed by atoms with Crippen LogP contribution in [0.1, 0.15) is 32.1 Å². The van der Waals surface area contributed by atoms with Gasteiger partial charge in [-0.2, -0.15) is 0 Å². The predicted octanol–water partition coefficient (Wildman–Crippen LogP) is 0.692. The number of hydrogen-bond donors (Lipinski definition) is 2. The maximum Gasteiger partial charge on any atom is 0.225 e. The molecule has 1 rings (SSSR count). The molecule has 1 heterocycles. The zero-order chi connectivity index (χ0) is 10.9. The lowest BCUT2D eigenvalue weighted by Gasteiger charge is -2.21. The number of rotatable bonds is 6. The van der Waals surface area contributed by atoms with Crippen LogP contribution in [-0.2, 0) is 9.53 Å². The number of nitrogens with one attached hydrogen (secondary N) is 1. The highest BCUT2D eigenvalue weighted by Crippen LogP contribution is 2.13. The molecule has 0 bridgehead atoms. The smallest absolute Gasteiger partial charge is 0.225 e. The molecule has 1 fully saturated rings. The van der Waals surface area contributed by atoms with Gasteiger partial charge in [0.25, 0.3) is 0 Å². The fraction of sp³-hybridized carbons (Fsp3) is 0.909. The third kappa shape index (κ3) is 5.14. The van der Waals surface area contributed by atoms with E-state index in [4.69, 9.17) is 9.84 Å². The van der Waals surface area contributed by atoms with Crippen LogP contribution in [0.15, 0.2) is 0 Å². The first-order chi connectivity index (χ1) is 7.34. The van der Waals surface area contributed by atoms with E-state index in [1.165, 1.54) is 0 Å². The summed E-state index contributed by atoms with van der Waals surface area (Å²) in [5.74, 6) is 0.176. The van der Waals surface area contributed by atoms with E-state index < -0.39 is 0 Å². The number of ether oxygens (including phenoxy) is 1. The van der Waals surface area contributed by atoms with Crippen LogP contribution in [0.2, 0.25) is 0 Å². The fourth-order valence-electron chi connectivity index (χ4n) is 1.72. The van der Waals surface area contributed by atoms with Crippen LogP contribution in [0.3, 0.4) is 0 Å². The average Bonchev–Trinajstić information content (AvgIpc) is 2.30. The summed E-state index contributed by atoms with van der Waals surface area (Å²) in [5, 5.41) is 11.5. The van der Waals surface area contributed by atoms with Gasteiger partial charge in [-0.15, -0.1) is 0 Å². The molecule has 0 saturated carbocycles. The van der Waals surface area contributed by atoms with Crippen molar-refractivity contribution in [2.24, 2.45) is 5.92 Å². The van der Waals surface area contributed by atoms with Crippen molar-refractivity contribution < 1.29 is 14.6 Å². The zero-order valence-electron chi connectivity index (χ0n) is 9.21. The molecule has 0 aliphatic carbocycles. The monoisotopic (exact) mass is 215 g/mol. The fourth-order valence-corrected chi connectivity index (χ4v) is 1.72. The minimum Gasteiger partial charge on any atom is -0.396 e. The molecule has 4 heteroatoms. The van der Waals surface area contributed by atoms with Crippen molar-refractivity contribution in [3.63, 3.8) is 0 Å². The van der Waals surface area contributed by atoms with Crippen molar-refractivity contribution in [3.05, 3.63) is 0 Å². The molecule has 15 heavy (non-hydrogen) atoms. The predicted molar refractivity (Wildman–Crippen MR) is 57.5 cm³/mol. The topological polar surface area (TPSA) is 58.6 Å². The quantitative estimate of drug-likeness (QED) is 0.641. The molecular formula is C11H21NO3. The second-order valence-corrected chi connectivity index (χ2v) is 3.99. The number of aliphatic hydroxyl groups excluding tert-OH is 1. The number of unbranched alkanes of at least 4 members (excludes halogenated alkanes) is 2. The van der Waals surface area contributed by atoms with E-state index in [1.807, 2.05) is 0 Å². The summed E-state index contributed by atoms with van der Waals surface area (Å²) in [6, 6.07) is 0. The molecule has 1 aliphatic heterocycles. The van der Waals surface area contributed by atoms with Gasteiger partial charge >= 0.3 is 0 Å². The van der Waals surface area contributed by atoms with Gasteiger partial charge in [0.2, 0.25) is 5.91 Å². The first kappa shape index (κ1) is 12.5. The summed E-state index contributed by atoms with van der Waals surface area (Å²) in [7, 11) is 0. The minimum absolute atomic E-state index is 0.0524. The van der Waals surface area contributed by atoms with Crippen molar-refractivity contribution >= 4 is 5.91 Å². The summed E-state index contributed by atoms with van der Waals surface area (Å²) in [6.45, 7) is 2.32. The highest BCUT2D eigenvalue weighted by molar-refractivity contribution is 5.78. The van der Waals surface area contributed by atoms with Gasteiger partial charge in [0.15, 0.2) is 0 Å². The van der Waals surface area contributed by atoms with Gasteiger partial charge in [0.05, 0.1) is 12.5 Å². The molecule has 1 saturated heterocycles. The van der Waals surface area contributed by atoms with Crippen LogP contribution in [0.25, 0.3) is 0 Å². The van der Waals surface area contributed by atoms with Crippen LogP contribution in [0, 0.1) is 5.92 Å². The maximum absolute atomic E-state index is 11.6. The summed E-state index contributed by atoms with van der Waals surface area (Å²) < 4.78 is 5.25. The van der Waals surface area contributed by atoms with E-state index in [0.29, 0.717) is 6.61 Å². The Morgan fingerprint density at radius 2 is 2.27 bits per heavy atom. The Labute approximate surface area is 91.0 Å². The Morgan fingerprint density at radius 3 is 2.93 bits per heavy atom. The van der Waals surface area contributed by atoms with E-state index in [-0.39, 0.29) is 18.4 Å². The summed E-state index contributed by atoms with van der Waals surface area (Å²) in [5.41, 5.74) is 0. The molecule has 0 aromatic heterocycles. The highest BCUT2D eigenvalue weighted by atomic mass is 16.5. The molecule has 4 nitrogen and oxygen atoms in total. The lowest BCUT2D eigenvalue weighted by Crippen LogP contribution is -2.36.